The third kappa shape index (κ3) is 4.77. The summed E-state index contributed by atoms with van der Waals surface area (Å²) < 4.78 is 4.55. The number of thiophene rings is 1. The minimum absolute atomic E-state index is 0.0463. The highest BCUT2D eigenvalue weighted by molar-refractivity contribution is 7.09. The van der Waals surface area contributed by atoms with Crippen LogP contribution in [0.3, 0.4) is 0 Å². The molecule has 1 N–H and O–H groups in total. The van der Waals surface area contributed by atoms with E-state index in [4.69, 9.17) is 0 Å². The van der Waals surface area contributed by atoms with Crippen LogP contribution >= 0.6 is 11.3 Å². The van der Waals surface area contributed by atoms with Crippen molar-refractivity contribution in [2.75, 3.05) is 33.8 Å². The van der Waals surface area contributed by atoms with Gasteiger partial charge >= 0.3 is 5.97 Å². The lowest BCUT2D eigenvalue weighted by molar-refractivity contribution is -0.147. The minimum Gasteiger partial charge on any atom is -0.468 e. The molecule has 1 fully saturated rings. The predicted octanol–water partition coefficient (Wildman–Crippen LogP) is 0.0700. The Morgan fingerprint density at radius 3 is 2.96 bits per heavy atom. The van der Waals surface area contributed by atoms with Gasteiger partial charge in [-0.3, -0.25) is 19.3 Å². The maximum atomic E-state index is 12.3. The number of ether oxygens (including phenoxy) is 1. The fourth-order valence-corrected chi connectivity index (χ4v) is 3.17. The summed E-state index contributed by atoms with van der Waals surface area (Å²) in [5, 5.41) is 4.79. The number of carbonyl (C=O) groups excluding carboxylic acids is 3. The Labute approximate surface area is 139 Å². The van der Waals surface area contributed by atoms with Crippen LogP contribution < -0.4 is 5.32 Å². The smallest absolute Gasteiger partial charge is 0.325 e. The molecule has 1 aromatic heterocycles. The summed E-state index contributed by atoms with van der Waals surface area (Å²) in [7, 11) is 2.81. The van der Waals surface area contributed by atoms with E-state index in [1.807, 2.05) is 22.4 Å². The number of hydrogen-bond acceptors (Lipinski definition) is 6. The van der Waals surface area contributed by atoms with E-state index in [-0.39, 0.29) is 24.8 Å². The van der Waals surface area contributed by atoms with Gasteiger partial charge in [0.2, 0.25) is 11.8 Å². The van der Waals surface area contributed by atoms with E-state index in [1.54, 1.807) is 11.3 Å². The van der Waals surface area contributed by atoms with Gasteiger partial charge in [0.05, 0.1) is 19.6 Å². The van der Waals surface area contributed by atoms with E-state index in [1.165, 1.54) is 19.1 Å². The Hall–Kier alpha value is -1.93. The molecule has 0 aliphatic carbocycles. The van der Waals surface area contributed by atoms with E-state index >= 15 is 0 Å². The van der Waals surface area contributed by atoms with Crippen LogP contribution in [0.15, 0.2) is 17.5 Å². The van der Waals surface area contributed by atoms with Crippen LogP contribution in [-0.2, 0) is 25.7 Å². The molecule has 2 heterocycles. The summed E-state index contributed by atoms with van der Waals surface area (Å²) in [4.78, 5) is 40.1. The van der Waals surface area contributed by atoms with Crippen LogP contribution in [0, 0.1) is 0 Å². The SMILES string of the molecule is COC(=O)CN(C)C(=O)CC1C(=O)NCCN1Cc1cccs1. The third-order valence-electron chi connectivity index (χ3n) is 3.77. The Balaban J connectivity index is 1.99. The van der Waals surface area contributed by atoms with Crippen LogP contribution in [-0.4, -0.2) is 67.4 Å². The normalized spacial score (nSPS) is 18.3. The van der Waals surface area contributed by atoms with Crippen LogP contribution in [0.5, 0.6) is 0 Å². The monoisotopic (exact) mass is 339 g/mol. The average molecular weight is 339 g/mol. The second-order valence-electron chi connectivity index (χ2n) is 5.39. The second kappa shape index (κ2) is 8.07. The standard InChI is InChI=1S/C15H21N3O4S/c1-17(10-14(20)22-2)13(19)8-12-15(21)16-5-6-18(12)9-11-4-3-7-23-11/h3-4,7,12H,5-6,8-10H2,1-2H3,(H,16,21). The fraction of sp³-hybridized carbons (Fsp3) is 0.533. The van der Waals surface area contributed by atoms with E-state index in [2.05, 4.69) is 10.1 Å². The van der Waals surface area contributed by atoms with Gasteiger partial charge in [-0.05, 0) is 11.4 Å². The molecule has 0 spiro atoms. The summed E-state index contributed by atoms with van der Waals surface area (Å²) >= 11 is 1.63. The number of likely N-dealkylation sites (N-methyl/N-ethyl adjacent to an activating group) is 1. The molecule has 0 radical (unpaired) electrons. The first-order valence-corrected chi connectivity index (χ1v) is 8.24. The number of carbonyl (C=O) groups is 3. The quantitative estimate of drug-likeness (QED) is 0.742. The molecule has 0 saturated carbocycles. The van der Waals surface area contributed by atoms with E-state index in [0.29, 0.717) is 19.6 Å². The van der Waals surface area contributed by atoms with Crippen molar-refractivity contribution in [3.8, 4) is 0 Å². The average Bonchev–Trinajstić information content (AvgIpc) is 3.03. The van der Waals surface area contributed by atoms with Gasteiger partial charge in [0.1, 0.15) is 6.54 Å². The molecule has 1 unspecified atom stereocenters. The molecule has 0 aromatic carbocycles. The Kier molecular flexibility index (Phi) is 6.12. The van der Waals surface area contributed by atoms with E-state index in [9.17, 15) is 14.4 Å². The molecule has 7 nitrogen and oxygen atoms in total. The number of piperazine rings is 1. The molecule has 1 aromatic rings. The number of hydrogen-bond donors (Lipinski definition) is 1. The van der Waals surface area contributed by atoms with Gasteiger partial charge in [0.15, 0.2) is 0 Å². The summed E-state index contributed by atoms with van der Waals surface area (Å²) in [6, 6.07) is 3.46. The number of nitrogens with one attached hydrogen (secondary N) is 1. The van der Waals surface area contributed by atoms with Crippen molar-refractivity contribution in [1.29, 1.82) is 0 Å². The maximum Gasteiger partial charge on any atom is 0.325 e. The van der Waals surface area contributed by atoms with Crippen molar-refractivity contribution in [2.45, 2.75) is 19.0 Å². The molecular weight excluding hydrogens is 318 g/mol. The van der Waals surface area contributed by atoms with Gasteiger partial charge in [-0.25, -0.2) is 0 Å². The summed E-state index contributed by atoms with van der Waals surface area (Å²) in [5.74, 6) is -0.884. The first-order valence-electron chi connectivity index (χ1n) is 7.36. The van der Waals surface area contributed by atoms with Crippen molar-refractivity contribution in [3.05, 3.63) is 22.4 Å². The molecule has 126 valence electrons. The fourth-order valence-electron chi connectivity index (χ4n) is 2.44. The molecule has 2 rings (SSSR count). The number of esters is 1. The van der Waals surface area contributed by atoms with Crippen molar-refractivity contribution >= 4 is 29.1 Å². The number of nitrogens with zero attached hydrogens (tertiary/aromatic N) is 2. The Bertz CT molecular complexity index is 561. The molecule has 1 atom stereocenters. The van der Waals surface area contributed by atoms with Gasteiger partial charge in [-0.15, -0.1) is 11.3 Å². The van der Waals surface area contributed by atoms with Crippen molar-refractivity contribution in [1.82, 2.24) is 15.1 Å². The lowest BCUT2D eigenvalue weighted by atomic mass is 10.1. The summed E-state index contributed by atoms with van der Waals surface area (Å²) in [6.45, 7) is 1.80. The highest BCUT2D eigenvalue weighted by Crippen LogP contribution is 2.17. The molecule has 1 aliphatic heterocycles. The summed E-state index contributed by atoms with van der Waals surface area (Å²) in [5.41, 5.74) is 0. The zero-order chi connectivity index (χ0) is 16.8. The van der Waals surface area contributed by atoms with Crippen LogP contribution in [0.1, 0.15) is 11.3 Å². The summed E-state index contributed by atoms with van der Waals surface area (Å²) in [6.07, 6.45) is 0.0463. The lowest BCUT2D eigenvalue weighted by Gasteiger charge is -2.35. The molecular formula is C15H21N3O4S. The van der Waals surface area contributed by atoms with Crippen molar-refractivity contribution in [3.63, 3.8) is 0 Å². The number of methoxy groups -OCH3 is 1. The maximum absolute atomic E-state index is 12.3. The topological polar surface area (TPSA) is 78.9 Å². The van der Waals surface area contributed by atoms with Gasteiger partial charge < -0.3 is 15.0 Å². The van der Waals surface area contributed by atoms with Crippen molar-refractivity contribution in [2.24, 2.45) is 0 Å². The first-order chi connectivity index (χ1) is 11.0. The number of amides is 2. The zero-order valence-electron chi connectivity index (χ0n) is 13.3. The molecule has 8 heteroatoms. The molecule has 1 aliphatic rings. The number of rotatable bonds is 6. The van der Waals surface area contributed by atoms with Crippen LogP contribution in [0.2, 0.25) is 0 Å². The minimum atomic E-state index is -0.515. The van der Waals surface area contributed by atoms with Gasteiger partial charge in [0.25, 0.3) is 0 Å². The van der Waals surface area contributed by atoms with Gasteiger partial charge in [0, 0.05) is 31.6 Å². The third-order valence-corrected chi connectivity index (χ3v) is 4.63. The van der Waals surface area contributed by atoms with Crippen LogP contribution in [0.4, 0.5) is 0 Å². The molecule has 23 heavy (non-hydrogen) atoms. The highest BCUT2D eigenvalue weighted by Gasteiger charge is 2.32. The van der Waals surface area contributed by atoms with Crippen molar-refractivity contribution < 1.29 is 19.1 Å². The van der Waals surface area contributed by atoms with Crippen LogP contribution in [0.25, 0.3) is 0 Å². The van der Waals surface area contributed by atoms with Gasteiger partial charge in [-0.2, -0.15) is 0 Å². The molecule has 1 saturated heterocycles. The van der Waals surface area contributed by atoms with E-state index in [0.717, 1.165) is 4.88 Å². The highest BCUT2D eigenvalue weighted by atomic mass is 32.1. The molecule has 0 bridgehead atoms. The zero-order valence-corrected chi connectivity index (χ0v) is 14.1. The Morgan fingerprint density at radius 1 is 1.52 bits per heavy atom. The predicted molar refractivity (Wildman–Crippen MR) is 85.8 cm³/mol. The molecule has 2 amide bonds. The second-order valence-corrected chi connectivity index (χ2v) is 6.42. The Morgan fingerprint density at radius 2 is 2.30 bits per heavy atom. The lowest BCUT2D eigenvalue weighted by Crippen LogP contribution is -2.56. The van der Waals surface area contributed by atoms with Gasteiger partial charge in [-0.1, -0.05) is 6.07 Å². The van der Waals surface area contributed by atoms with E-state index < -0.39 is 12.0 Å². The first kappa shape index (κ1) is 17.4. The largest absolute Gasteiger partial charge is 0.468 e.